The molecule has 0 amide bonds. The largest absolute Gasteiger partial charge is 0.492 e. The van der Waals surface area contributed by atoms with Gasteiger partial charge in [0.15, 0.2) is 10.9 Å². The van der Waals surface area contributed by atoms with Crippen molar-refractivity contribution in [3.05, 3.63) is 39.8 Å². The maximum absolute atomic E-state index is 12.5. The average molecular weight is 335 g/mol. The number of methoxy groups -OCH3 is 1. The number of alkyl halides is 3. The lowest BCUT2D eigenvalue weighted by Crippen LogP contribution is -2.27. The molecule has 0 spiro atoms. The number of aryl methyl sites for hydroxylation is 1. The third-order valence-corrected chi connectivity index (χ3v) is 3.23. The predicted molar refractivity (Wildman–Crippen MR) is 77.7 cm³/mol. The van der Waals surface area contributed by atoms with E-state index in [0.29, 0.717) is 16.6 Å². The standard InChI is InChI=1S/C13H16F3N3O2S/c1-8(5-6-10(21-3)13(14,15)16)7-19-9(2)17-11(22-4)18-12(19)20/h5-6H,7H2,1-4H3/b8-5+,10-6-. The van der Waals surface area contributed by atoms with E-state index < -0.39 is 17.6 Å². The Morgan fingerprint density at radius 3 is 2.45 bits per heavy atom. The molecule has 0 saturated heterocycles. The van der Waals surface area contributed by atoms with Gasteiger partial charge in [-0.3, -0.25) is 4.57 Å². The van der Waals surface area contributed by atoms with E-state index in [4.69, 9.17) is 0 Å². The third-order valence-electron chi connectivity index (χ3n) is 2.68. The highest BCUT2D eigenvalue weighted by Crippen LogP contribution is 2.25. The Morgan fingerprint density at radius 2 is 2.00 bits per heavy atom. The lowest BCUT2D eigenvalue weighted by atomic mass is 10.2. The molecule has 0 fully saturated rings. The van der Waals surface area contributed by atoms with Gasteiger partial charge in [-0.05, 0) is 26.2 Å². The van der Waals surface area contributed by atoms with E-state index in [1.807, 2.05) is 0 Å². The van der Waals surface area contributed by atoms with E-state index in [9.17, 15) is 18.0 Å². The number of halogens is 3. The van der Waals surface area contributed by atoms with Crippen LogP contribution in [0.25, 0.3) is 0 Å². The van der Waals surface area contributed by atoms with Crippen LogP contribution in [0.4, 0.5) is 13.2 Å². The SMILES string of the molecule is CO/C(=C\C=C(/C)Cn1c(C)nc(SC)nc1=O)C(F)(F)F. The Hall–Kier alpha value is -1.77. The van der Waals surface area contributed by atoms with E-state index in [-0.39, 0.29) is 6.54 Å². The van der Waals surface area contributed by atoms with Gasteiger partial charge in [-0.25, -0.2) is 9.78 Å². The maximum Gasteiger partial charge on any atom is 0.448 e. The van der Waals surface area contributed by atoms with Gasteiger partial charge in [0, 0.05) is 6.54 Å². The van der Waals surface area contributed by atoms with Crippen molar-refractivity contribution < 1.29 is 17.9 Å². The summed E-state index contributed by atoms with van der Waals surface area (Å²) in [5, 5.41) is 0.360. The van der Waals surface area contributed by atoms with E-state index in [1.54, 1.807) is 20.1 Å². The first-order valence-corrected chi connectivity index (χ1v) is 7.39. The summed E-state index contributed by atoms with van der Waals surface area (Å²) in [5.74, 6) is -0.659. The number of nitrogens with zero attached hydrogens (tertiary/aromatic N) is 3. The van der Waals surface area contributed by atoms with Gasteiger partial charge in [-0.1, -0.05) is 23.4 Å². The smallest absolute Gasteiger partial charge is 0.448 e. The summed E-state index contributed by atoms with van der Waals surface area (Å²) in [7, 11) is 0.951. The maximum atomic E-state index is 12.5. The Kier molecular flexibility index (Phi) is 6.21. The van der Waals surface area contributed by atoms with E-state index in [2.05, 4.69) is 14.7 Å². The van der Waals surface area contributed by atoms with Crippen molar-refractivity contribution in [3.8, 4) is 0 Å². The molecule has 1 aromatic rings. The van der Waals surface area contributed by atoms with Gasteiger partial charge in [0.05, 0.1) is 7.11 Å². The summed E-state index contributed by atoms with van der Waals surface area (Å²) in [5.41, 5.74) is 0.0425. The molecule has 0 aliphatic heterocycles. The summed E-state index contributed by atoms with van der Waals surface area (Å²) >= 11 is 1.24. The molecule has 0 radical (unpaired) electrons. The number of thioether (sulfide) groups is 1. The Labute approximate surface area is 129 Å². The van der Waals surface area contributed by atoms with Crippen LogP contribution in [0.3, 0.4) is 0 Å². The van der Waals surface area contributed by atoms with Gasteiger partial charge in [-0.2, -0.15) is 18.2 Å². The van der Waals surface area contributed by atoms with Crippen LogP contribution in [-0.2, 0) is 11.3 Å². The Balaban J connectivity index is 3.03. The Morgan fingerprint density at radius 1 is 1.36 bits per heavy atom. The summed E-state index contributed by atoms with van der Waals surface area (Å²) in [6, 6.07) is 0. The molecule has 0 saturated carbocycles. The molecule has 22 heavy (non-hydrogen) atoms. The Bertz CT molecular complexity index is 651. The summed E-state index contributed by atoms with van der Waals surface area (Å²) < 4.78 is 43.1. The predicted octanol–water partition coefficient (Wildman–Crippen LogP) is 2.71. The molecule has 0 N–H and O–H groups in total. The highest BCUT2D eigenvalue weighted by molar-refractivity contribution is 7.98. The van der Waals surface area contributed by atoms with Gasteiger partial charge in [0.1, 0.15) is 5.82 Å². The number of hydrogen-bond acceptors (Lipinski definition) is 5. The zero-order valence-electron chi connectivity index (χ0n) is 12.6. The highest BCUT2D eigenvalue weighted by Gasteiger charge is 2.34. The van der Waals surface area contributed by atoms with Gasteiger partial charge < -0.3 is 4.74 Å². The van der Waals surface area contributed by atoms with Crippen LogP contribution in [-0.4, -0.2) is 34.1 Å². The van der Waals surface area contributed by atoms with Crippen molar-refractivity contribution in [2.75, 3.05) is 13.4 Å². The van der Waals surface area contributed by atoms with Gasteiger partial charge in [0.25, 0.3) is 0 Å². The number of rotatable bonds is 5. The fraction of sp³-hybridized carbons (Fsp3) is 0.462. The van der Waals surface area contributed by atoms with Crippen LogP contribution in [0.15, 0.2) is 33.4 Å². The second kappa shape index (κ2) is 7.48. The molecule has 0 aliphatic rings. The van der Waals surface area contributed by atoms with E-state index in [1.165, 1.54) is 22.4 Å². The lowest BCUT2D eigenvalue weighted by Gasteiger charge is -2.10. The van der Waals surface area contributed by atoms with Crippen molar-refractivity contribution in [1.82, 2.24) is 14.5 Å². The first kappa shape index (κ1) is 18.3. The second-order valence-electron chi connectivity index (χ2n) is 4.37. The fourth-order valence-corrected chi connectivity index (χ4v) is 1.97. The summed E-state index contributed by atoms with van der Waals surface area (Å²) in [6.45, 7) is 3.35. The van der Waals surface area contributed by atoms with Crippen LogP contribution >= 0.6 is 11.8 Å². The molecule has 0 atom stereocenters. The molecule has 1 rings (SSSR count). The molecule has 1 aromatic heterocycles. The lowest BCUT2D eigenvalue weighted by molar-refractivity contribution is -0.125. The minimum atomic E-state index is -4.55. The number of ether oxygens (including phenoxy) is 1. The minimum Gasteiger partial charge on any atom is -0.492 e. The quantitative estimate of drug-likeness (QED) is 0.470. The average Bonchev–Trinajstić information content (AvgIpc) is 2.41. The zero-order valence-corrected chi connectivity index (χ0v) is 13.4. The normalized spacial score (nSPS) is 13.4. The van der Waals surface area contributed by atoms with Crippen molar-refractivity contribution >= 4 is 11.8 Å². The molecule has 122 valence electrons. The number of allylic oxidation sites excluding steroid dienone is 4. The monoisotopic (exact) mass is 335 g/mol. The molecular formula is C13H16F3N3O2S. The summed E-state index contributed by atoms with van der Waals surface area (Å²) in [6.07, 6.45) is -0.729. The van der Waals surface area contributed by atoms with Crippen LogP contribution in [0, 0.1) is 6.92 Å². The van der Waals surface area contributed by atoms with Crippen molar-refractivity contribution in [1.29, 1.82) is 0 Å². The van der Waals surface area contributed by atoms with Gasteiger partial charge in [-0.15, -0.1) is 0 Å². The van der Waals surface area contributed by atoms with Crippen LogP contribution < -0.4 is 5.69 Å². The van der Waals surface area contributed by atoms with E-state index in [0.717, 1.165) is 13.2 Å². The number of hydrogen-bond donors (Lipinski definition) is 0. The molecule has 0 aliphatic carbocycles. The van der Waals surface area contributed by atoms with E-state index >= 15 is 0 Å². The minimum absolute atomic E-state index is 0.102. The molecule has 9 heteroatoms. The number of aromatic nitrogens is 3. The van der Waals surface area contributed by atoms with Crippen molar-refractivity contribution in [2.24, 2.45) is 0 Å². The molecule has 0 bridgehead atoms. The second-order valence-corrected chi connectivity index (χ2v) is 5.15. The van der Waals surface area contributed by atoms with Gasteiger partial charge >= 0.3 is 11.9 Å². The van der Waals surface area contributed by atoms with Crippen molar-refractivity contribution in [3.63, 3.8) is 0 Å². The molecule has 0 aromatic carbocycles. The van der Waals surface area contributed by atoms with Crippen LogP contribution in [0.2, 0.25) is 0 Å². The van der Waals surface area contributed by atoms with Crippen LogP contribution in [0.1, 0.15) is 12.7 Å². The first-order valence-electron chi connectivity index (χ1n) is 6.17. The molecule has 1 heterocycles. The van der Waals surface area contributed by atoms with Crippen LogP contribution in [0.5, 0.6) is 0 Å². The third kappa shape index (κ3) is 4.90. The molecular weight excluding hydrogens is 319 g/mol. The fourth-order valence-electron chi connectivity index (χ4n) is 1.58. The topological polar surface area (TPSA) is 57.0 Å². The van der Waals surface area contributed by atoms with Crippen molar-refractivity contribution in [2.45, 2.75) is 31.7 Å². The van der Waals surface area contributed by atoms with Gasteiger partial charge in [0.2, 0.25) is 0 Å². The summed E-state index contributed by atoms with van der Waals surface area (Å²) in [4.78, 5) is 19.8. The molecule has 0 unspecified atom stereocenters. The molecule has 5 nitrogen and oxygen atoms in total. The zero-order chi connectivity index (χ0) is 16.9. The first-order chi connectivity index (χ1) is 10.2. The highest BCUT2D eigenvalue weighted by atomic mass is 32.2.